The number of nitrogens with zero attached hydrogens (tertiary/aromatic N) is 11. The van der Waals surface area contributed by atoms with Crippen LogP contribution in [0.4, 0.5) is 63.6 Å². The highest BCUT2D eigenvalue weighted by atomic mass is 19.3. The Hall–Kier alpha value is -9.30. The number of fused-ring (bicyclic) bond motifs is 2. The van der Waals surface area contributed by atoms with Crippen LogP contribution in [0.1, 0.15) is 0 Å². The lowest BCUT2D eigenvalue weighted by Gasteiger charge is -2.30. The number of nitro groups is 1. The number of aryl methyl sites for hydroxylation is 2. The summed E-state index contributed by atoms with van der Waals surface area (Å²) in [6.07, 6.45) is 7.00. The average Bonchev–Trinajstić information content (AvgIpc) is 4.00. The van der Waals surface area contributed by atoms with Gasteiger partial charge in [0.05, 0.1) is 52.3 Å². The molecule has 0 saturated carbocycles. The molecule has 2 saturated heterocycles. The number of likely N-dealkylation sites (N-methyl/N-ethyl adjacent to an activating group) is 2. The van der Waals surface area contributed by atoms with Crippen LogP contribution in [-0.2, 0) is 33.2 Å². The normalized spacial score (nSPS) is 13.7. The van der Waals surface area contributed by atoms with Gasteiger partial charge >= 0.3 is 13.2 Å². The Bertz CT molecular complexity index is 3550. The fourth-order valence-electron chi connectivity index (χ4n) is 9.33. The van der Waals surface area contributed by atoms with E-state index >= 15 is 0 Å². The maximum absolute atomic E-state index is 13.4. The number of hydrogen-bond donors (Lipinski definition) is 3. The van der Waals surface area contributed by atoms with E-state index in [1.54, 1.807) is 47.1 Å². The molecule has 4 aromatic carbocycles. The van der Waals surface area contributed by atoms with Crippen LogP contribution in [0.3, 0.4) is 0 Å². The lowest BCUT2D eigenvalue weighted by molar-refractivity contribution is -0.384. The van der Waals surface area contributed by atoms with Gasteiger partial charge in [-0.25, -0.2) is 19.9 Å². The summed E-state index contributed by atoms with van der Waals surface area (Å²) < 4.78 is 77.4. The Labute approximate surface area is 455 Å². The standard InChI is InChI=1S/C27H27F2N7O5.C27H29F2N7O3/c1-33(9-10-35-11-12-40-16-25(35)37)22-14-24(41-26(28)29)20(13-23(22)36(38)39)32-27-30-8-7-19(31-27)18-15-34(2)21-6-4-3-5-17(18)21;1-34(9-10-36-11-12-38-16-25(36)37)23-14-24(39-26(28)29)21(13-19(23)30)33-27-31-8-7-20(32-27)18-15-35(2)22-6-4-3-5-17(18)22/h3-8,13-15,26H,9-12,16H2,1-2H3,(H,30,31,32);3-8,13-15,26H,9-12,16,30H2,1-2H3,(H,31,32,33). The Balaban J connectivity index is 0.000000194. The summed E-state index contributed by atoms with van der Waals surface area (Å²) in [6.45, 7) is -3.07. The van der Waals surface area contributed by atoms with E-state index in [9.17, 15) is 37.3 Å². The predicted octanol–water partition coefficient (Wildman–Crippen LogP) is 8.04. The summed E-state index contributed by atoms with van der Waals surface area (Å²) in [5.41, 5.74) is 12.0. The van der Waals surface area contributed by atoms with E-state index in [1.165, 1.54) is 29.3 Å². The topological polar surface area (TPSA) is 239 Å². The molecule has 26 heteroatoms. The number of benzene rings is 4. The van der Waals surface area contributed by atoms with E-state index < -0.39 is 18.1 Å². The Morgan fingerprint density at radius 1 is 0.688 bits per heavy atom. The number of anilines is 7. The van der Waals surface area contributed by atoms with E-state index in [-0.39, 0.29) is 84.3 Å². The number of nitrogens with two attached hydrogens (primary N) is 1. The number of para-hydroxylation sites is 2. The SMILES string of the molecule is CN(CCN1CCOCC1=O)c1cc(OC(F)F)c(Nc2nccc(-c3cn(C)c4ccccc34)n2)cc1N.CN(CCN1CCOCC1=O)c1cc(OC(F)F)c(Nc2nccc(-c3cn(C)c4ccccc34)n2)cc1[N+](=O)[O-]. The molecule has 4 N–H and O–H groups in total. The molecule has 2 aliphatic heterocycles. The van der Waals surface area contributed by atoms with Gasteiger partial charge in [0, 0.05) is 143 Å². The van der Waals surface area contributed by atoms with Crippen molar-refractivity contribution in [2.24, 2.45) is 14.1 Å². The maximum atomic E-state index is 13.4. The predicted molar refractivity (Wildman–Crippen MR) is 293 cm³/mol. The van der Waals surface area contributed by atoms with E-state index in [2.05, 4.69) is 30.6 Å². The molecule has 2 amide bonds. The molecule has 10 rings (SSSR count). The minimum atomic E-state index is -3.19. The molecule has 6 heterocycles. The minimum absolute atomic E-state index is 0.0274. The number of morpholine rings is 2. The highest BCUT2D eigenvalue weighted by molar-refractivity contribution is 5.96. The number of amides is 2. The Kier molecular flexibility index (Phi) is 17.0. The zero-order valence-corrected chi connectivity index (χ0v) is 43.9. The van der Waals surface area contributed by atoms with Crippen molar-refractivity contribution >= 4 is 79.6 Å². The Morgan fingerprint density at radius 2 is 1.14 bits per heavy atom. The monoisotopic (exact) mass is 1100 g/mol. The number of carbonyl (C=O) groups is 2. The first-order valence-electron chi connectivity index (χ1n) is 25.1. The first-order chi connectivity index (χ1) is 38.5. The molecule has 0 radical (unpaired) electrons. The maximum Gasteiger partial charge on any atom is 0.387 e. The number of nitrogens with one attached hydrogen (secondary N) is 2. The third kappa shape index (κ3) is 12.8. The van der Waals surface area contributed by atoms with Crippen LogP contribution in [0, 0.1) is 10.1 Å². The number of carbonyl (C=O) groups excluding carboxylic acids is 2. The highest BCUT2D eigenvalue weighted by Gasteiger charge is 2.27. The average molecular weight is 1110 g/mol. The van der Waals surface area contributed by atoms with Gasteiger partial charge in [-0.2, -0.15) is 17.6 Å². The largest absolute Gasteiger partial charge is 0.433 e. The zero-order valence-electron chi connectivity index (χ0n) is 43.9. The van der Waals surface area contributed by atoms with Gasteiger partial charge in [-0.3, -0.25) is 19.7 Å². The molecule has 0 atom stereocenters. The molecule has 0 spiro atoms. The van der Waals surface area contributed by atoms with Crippen molar-refractivity contribution in [1.29, 1.82) is 0 Å². The molecule has 4 aromatic heterocycles. The van der Waals surface area contributed by atoms with Crippen LogP contribution >= 0.6 is 0 Å². The van der Waals surface area contributed by atoms with Crippen molar-refractivity contribution in [2.75, 3.05) is 106 Å². The fourth-order valence-corrected chi connectivity index (χ4v) is 9.33. The summed E-state index contributed by atoms with van der Waals surface area (Å²) >= 11 is 0. The second-order valence-electron chi connectivity index (χ2n) is 18.6. The summed E-state index contributed by atoms with van der Waals surface area (Å²) in [4.78, 5) is 59.7. The molecule has 0 unspecified atom stereocenters. The van der Waals surface area contributed by atoms with Gasteiger partial charge in [0.2, 0.25) is 23.7 Å². The van der Waals surface area contributed by atoms with Crippen molar-refractivity contribution in [3.05, 3.63) is 120 Å². The fraction of sp³-hybridized carbons (Fsp3) is 0.296. The first-order valence-corrected chi connectivity index (χ1v) is 25.1. The van der Waals surface area contributed by atoms with E-state index in [4.69, 9.17) is 24.7 Å². The van der Waals surface area contributed by atoms with Crippen molar-refractivity contribution in [2.45, 2.75) is 13.2 Å². The van der Waals surface area contributed by atoms with E-state index in [0.717, 1.165) is 39.0 Å². The molecule has 22 nitrogen and oxygen atoms in total. The molecule has 80 heavy (non-hydrogen) atoms. The van der Waals surface area contributed by atoms with Crippen LogP contribution in [0.5, 0.6) is 11.5 Å². The lowest BCUT2D eigenvalue weighted by Crippen LogP contribution is -2.45. The number of hydrogen-bond acceptors (Lipinski definition) is 17. The molecule has 418 valence electrons. The van der Waals surface area contributed by atoms with Crippen LogP contribution in [0.15, 0.2) is 110 Å². The minimum Gasteiger partial charge on any atom is -0.433 e. The van der Waals surface area contributed by atoms with Gasteiger partial charge in [-0.05, 0) is 30.3 Å². The third-order valence-corrected chi connectivity index (χ3v) is 13.4. The van der Waals surface area contributed by atoms with Crippen LogP contribution in [0.2, 0.25) is 0 Å². The van der Waals surface area contributed by atoms with E-state index in [1.807, 2.05) is 84.2 Å². The second-order valence-corrected chi connectivity index (χ2v) is 18.6. The molecule has 2 fully saturated rings. The number of halogens is 4. The number of rotatable bonds is 19. The van der Waals surface area contributed by atoms with Gasteiger partial charge in [0.25, 0.3) is 5.69 Å². The molecule has 0 bridgehead atoms. The van der Waals surface area contributed by atoms with Crippen LogP contribution < -0.4 is 35.6 Å². The van der Waals surface area contributed by atoms with Gasteiger partial charge in [-0.1, -0.05) is 36.4 Å². The lowest BCUT2D eigenvalue weighted by atomic mass is 10.1. The van der Waals surface area contributed by atoms with Crippen molar-refractivity contribution in [3.63, 3.8) is 0 Å². The quantitative estimate of drug-likeness (QED) is 0.0300. The Morgan fingerprint density at radius 3 is 1.60 bits per heavy atom. The summed E-state index contributed by atoms with van der Waals surface area (Å²) in [5.74, 6) is -0.473. The second kappa shape index (κ2) is 24.6. The summed E-state index contributed by atoms with van der Waals surface area (Å²) in [7, 11) is 7.22. The highest BCUT2D eigenvalue weighted by Crippen LogP contribution is 2.41. The molecule has 8 aromatic rings. The molecular formula is C54H56F4N14O8. The number of nitrogen functional groups attached to an aromatic ring is 1. The zero-order chi connectivity index (χ0) is 56.6. The molecule has 0 aliphatic carbocycles. The van der Waals surface area contributed by atoms with Crippen molar-refractivity contribution in [1.82, 2.24) is 38.9 Å². The smallest absolute Gasteiger partial charge is 0.387 e. The van der Waals surface area contributed by atoms with Gasteiger partial charge in [0.1, 0.15) is 18.9 Å². The van der Waals surface area contributed by atoms with Crippen molar-refractivity contribution in [3.8, 4) is 34.0 Å². The third-order valence-electron chi connectivity index (χ3n) is 13.4. The van der Waals surface area contributed by atoms with Gasteiger partial charge in [-0.15, -0.1) is 0 Å². The van der Waals surface area contributed by atoms with Crippen LogP contribution in [-0.4, -0.2) is 149 Å². The summed E-state index contributed by atoms with van der Waals surface area (Å²) in [5, 5.41) is 19.8. The molecule has 2 aliphatic rings. The number of alkyl halides is 4. The number of nitro benzene ring substituents is 1. The van der Waals surface area contributed by atoms with Gasteiger partial charge < -0.3 is 64.0 Å². The van der Waals surface area contributed by atoms with Crippen LogP contribution in [0.25, 0.3) is 44.3 Å². The number of ether oxygens (including phenoxy) is 4. The van der Waals surface area contributed by atoms with Crippen molar-refractivity contribution < 1.29 is 51.0 Å². The summed E-state index contributed by atoms with van der Waals surface area (Å²) in [6, 6.07) is 24.5. The van der Waals surface area contributed by atoms with E-state index in [0.29, 0.717) is 62.2 Å². The molecular weight excluding hydrogens is 1050 g/mol. The first kappa shape index (κ1) is 55.5. The van der Waals surface area contributed by atoms with Gasteiger partial charge in [0.15, 0.2) is 11.5 Å². The number of aromatic nitrogens is 6.